The molecule has 1 amide bonds. The van der Waals surface area contributed by atoms with E-state index in [0.717, 1.165) is 4.90 Å². The highest BCUT2D eigenvalue weighted by Gasteiger charge is 2.39. The van der Waals surface area contributed by atoms with Crippen molar-refractivity contribution >= 4 is 11.9 Å². The zero-order chi connectivity index (χ0) is 11.6. The lowest BCUT2D eigenvalue weighted by atomic mass is 10.2. The number of carboxylic acids is 1. The van der Waals surface area contributed by atoms with E-state index < -0.39 is 30.5 Å². The van der Waals surface area contributed by atoms with Gasteiger partial charge >= 0.3 is 12.1 Å². The van der Waals surface area contributed by atoms with Gasteiger partial charge in [-0.2, -0.15) is 13.2 Å². The van der Waals surface area contributed by atoms with Crippen molar-refractivity contribution in [2.75, 3.05) is 6.54 Å². The summed E-state index contributed by atoms with van der Waals surface area (Å²) >= 11 is 0. The van der Waals surface area contributed by atoms with E-state index in [1.807, 2.05) is 0 Å². The SMILES string of the molecule is O=C(O)[C@H]1CCCN1C(=O)CC(F)(F)F. The minimum Gasteiger partial charge on any atom is -0.480 e. The Bertz CT molecular complexity index is 277. The Hall–Kier alpha value is -1.27. The maximum Gasteiger partial charge on any atom is 0.397 e. The number of hydrogen-bond donors (Lipinski definition) is 1. The number of halogens is 3. The molecule has 0 radical (unpaired) electrons. The van der Waals surface area contributed by atoms with Crippen LogP contribution in [-0.4, -0.2) is 40.6 Å². The minimum atomic E-state index is -4.58. The van der Waals surface area contributed by atoms with Gasteiger partial charge in [0.25, 0.3) is 0 Å². The highest BCUT2D eigenvalue weighted by atomic mass is 19.4. The smallest absolute Gasteiger partial charge is 0.397 e. The van der Waals surface area contributed by atoms with Crippen molar-refractivity contribution in [3.8, 4) is 0 Å². The summed E-state index contributed by atoms with van der Waals surface area (Å²) < 4.78 is 35.7. The number of likely N-dealkylation sites (tertiary alicyclic amines) is 1. The van der Waals surface area contributed by atoms with Gasteiger partial charge in [0.1, 0.15) is 12.5 Å². The summed E-state index contributed by atoms with van der Waals surface area (Å²) in [7, 11) is 0. The number of rotatable bonds is 2. The molecule has 1 aliphatic rings. The monoisotopic (exact) mass is 225 g/mol. The van der Waals surface area contributed by atoms with Gasteiger partial charge in [-0.1, -0.05) is 0 Å². The van der Waals surface area contributed by atoms with Gasteiger partial charge in [0.05, 0.1) is 0 Å². The number of carbonyl (C=O) groups excluding carboxylic acids is 1. The molecule has 1 rings (SSSR count). The van der Waals surface area contributed by atoms with Crippen LogP contribution in [-0.2, 0) is 9.59 Å². The molecule has 0 aromatic rings. The molecule has 0 spiro atoms. The normalized spacial score (nSPS) is 21.8. The van der Waals surface area contributed by atoms with Crippen LogP contribution < -0.4 is 0 Å². The predicted octanol–water partition coefficient (Wildman–Crippen LogP) is 1.01. The molecule has 1 heterocycles. The van der Waals surface area contributed by atoms with Crippen LogP contribution in [0.3, 0.4) is 0 Å². The van der Waals surface area contributed by atoms with E-state index >= 15 is 0 Å². The van der Waals surface area contributed by atoms with Crippen LogP contribution in [0.15, 0.2) is 0 Å². The number of hydrogen-bond acceptors (Lipinski definition) is 2. The first-order chi connectivity index (χ1) is 6.81. The van der Waals surface area contributed by atoms with Gasteiger partial charge in [0.2, 0.25) is 5.91 Å². The summed E-state index contributed by atoms with van der Waals surface area (Å²) in [5.41, 5.74) is 0. The van der Waals surface area contributed by atoms with Crippen LogP contribution in [0.1, 0.15) is 19.3 Å². The van der Waals surface area contributed by atoms with Crippen molar-refractivity contribution in [1.82, 2.24) is 4.90 Å². The molecule has 86 valence electrons. The highest BCUT2D eigenvalue weighted by Crippen LogP contribution is 2.24. The van der Waals surface area contributed by atoms with E-state index in [4.69, 9.17) is 5.11 Å². The molecule has 0 saturated carbocycles. The van der Waals surface area contributed by atoms with E-state index in [9.17, 15) is 22.8 Å². The van der Waals surface area contributed by atoms with Gasteiger partial charge in [-0.3, -0.25) is 4.79 Å². The van der Waals surface area contributed by atoms with Crippen molar-refractivity contribution in [3.63, 3.8) is 0 Å². The third-order valence-electron chi connectivity index (χ3n) is 2.21. The molecule has 0 aromatic carbocycles. The lowest BCUT2D eigenvalue weighted by Gasteiger charge is -2.21. The Morgan fingerprint density at radius 2 is 2.00 bits per heavy atom. The van der Waals surface area contributed by atoms with Crippen LogP contribution >= 0.6 is 0 Å². The molecule has 1 fully saturated rings. The van der Waals surface area contributed by atoms with Crippen molar-refractivity contribution < 1.29 is 27.9 Å². The standard InChI is InChI=1S/C8H10F3NO3/c9-8(10,11)4-6(13)12-3-1-2-5(12)7(14)15/h5H,1-4H2,(H,14,15)/t5-/m1/s1. The maximum atomic E-state index is 11.9. The Morgan fingerprint density at radius 1 is 1.40 bits per heavy atom. The number of aliphatic carboxylic acids is 1. The largest absolute Gasteiger partial charge is 0.480 e. The molecule has 0 aromatic heterocycles. The van der Waals surface area contributed by atoms with Gasteiger partial charge in [-0.25, -0.2) is 4.79 Å². The fourth-order valence-electron chi connectivity index (χ4n) is 1.59. The number of carbonyl (C=O) groups is 2. The first-order valence-corrected chi connectivity index (χ1v) is 4.40. The molecule has 0 aliphatic carbocycles. The van der Waals surface area contributed by atoms with E-state index in [0.29, 0.717) is 6.42 Å². The molecule has 1 N–H and O–H groups in total. The van der Waals surface area contributed by atoms with Gasteiger partial charge in [0.15, 0.2) is 0 Å². The molecule has 1 saturated heterocycles. The van der Waals surface area contributed by atoms with Crippen molar-refractivity contribution in [2.45, 2.75) is 31.5 Å². The van der Waals surface area contributed by atoms with Crippen molar-refractivity contribution in [2.24, 2.45) is 0 Å². The minimum absolute atomic E-state index is 0.0892. The van der Waals surface area contributed by atoms with Gasteiger partial charge in [-0.15, -0.1) is 0 Å². The van der Waals surface area contributed by atoms with Crippen LogP contribution in [0.2, 0.25) is 0 Å². The molecule has 7 heteroatoms. The fraction of sp³-hybridized carbons (Fsp3) is 0.750. The van der Waals surface area contributed by atoms with Crippen molar-refractivity contribution in [1.29, 1.82) is 0 Å². The Morgan fingerprint density at radius 3 is 2.47 bits per heavy atom. The summed E-state index contributed by atoms with van der Waals surface area (Å²) in [6.07, 6.45) is -5.51. The highest BCUT2D eigenvalue weighted by molar-refractivity contribution is 5.84. The second-order valence-corrected chi connectivity index (χ2v) is 3.38. The van der Waals surface area contributed by atoms with E-state index in [1.165, 1.54) is 0 Å². The lowest BCUT2D eigenvalue weighted by molar-refractivity contribution is -0.165. The fourth-order valence-corrected chi connectivity index (χ4v) is 1.59. The number of alkyl halides is 3. The molecular weight excluding hydrogens is 215 g/mol. The third kappa shape index (κ3) is 3.10. The molecule has 0 unspecified atom stereocenters. The molecule has 15 heavy (non-hydrogen) atoms. The first-order valence-electron chi connectivity index (χ1n) is 4.40. The number of amides is 1. The van der Waals surface area contributed by atoms with E-state index in [-0.39, 0.29) is 13.0 Å². The molecule has 1 atom stereocenters. The average molecular weight is 225 g/mol. The van der Waals surface area contributed by atoms with Gasteiger partial charge in [0, 0.05) is 6.54 Å². The second kappa shape index (κ2) is 4.08. The Balaban J connectivity index is 2.63. The summed E-state index contributed by atoms with van der Waals surface area (Å²) in [6, 6.07) is -1.10. The van der Waals surface area contributed by atoms with Gasteiger partial charge < -0.3 is 10.0 Å². The molecule has 1 aliphatic heterocycles. The first kappa shape index (κ1) is 11.8. The summed E-state index contributed by atoms with van der Waals surface area (Å²) in [5.74, 6) is -2.41. The van der Waals surface area contributed by atoms with E-state index in [2.05, 4.69) is 0 Å². The van der Waals surface area contributed by atoms with Gasteiger partial charge in [-0.05, 0) is 12.8 Å². The summed E-state index contributed by atoms with van der Waals surface area (Å²) in [6.45, 7) is 0.0892. The summed E-state index contributed by atoms with van der Waals surface area (Å²) in [4.78, 5) is 22.5. The van der Waals surface area contributed by atoms with E-state index in [1.54, 1.807) is 0 Å². The second-order valence-electron chi connectivity index (χ2n) is 3.38. The van der Waals surface area contributed by atoms with Crippen molar-refractivity contribution in [3.05, 3.63) is 0 Å². The van der Waals surface area contributed by atoms with Crippen LogP contribution in [0.5, 0.6) is 0 Å². The zero-order valence-electron chi connectivity index (χ0n) is 7.75. The molecular formula is C8H10F3NO3. The topological polar surface area (TPSA) is 57.6 Å². The summed E-state index contributed by atoms with van der Waals surface area (Å²) in [5, 5.41) is 8.66. The van der Waals surface area contributed by atoms with Crippen LogP contribution in [0, 0.1) is 0 Å². The Kier molecular flexibility index (Phi) is 3.21. The quantitative estimate of drug-likeness (QED) is 0.763. The zero-order valence-corrected chi connectivity index (χ0v) is 7.75. The number of carboxylic acid groups (broad SMARTS) is 1. The predicted molar refractivity (Wildman–Crippen MR) is 43.0 cm³/mol. The molecule has 4 nitrogen and oxygen atoms in total. The Labute approximate surface area is 83.7 Å². The number of nitrogens with zero attached hydrogens (tertiary/aromatic N) is 1. The maximum absolute atomic E-state index is 11.9. The van der Waals surface area contributed by atoms with Crippen LogP contribution in [0.4, 0.5) is 13.2 Å². The third-order valence-corrected chi connectivity index (χ3v) is 2.21. The lowest BCUT2D eigenvalue weighted by Crippen LogP contribution is -2.42. The molecule has 0 bridgehead atoms. The van der Waals surface area contributed by atoms with Crippen LogP contribution in [0.25, 0.3) is 0 Å². The average Bonchev–Trinajstić information content (AvgIpc) is 2.47.